The van der Waals surface area contributed by atoms with E-state index in [4.69, 9.17) is 0 Å². The Bertz CT molecular complexity index is 536. The molecule has 0 radical (unpaired) electrons. The number of hydrogen-bond acceptors (Lipinski definition) is 1. The predicted molar refractivity (Wildman–Crippen MR) is 85.3 cm³/mol. The highest BCUT2D eigenvalue weighted by Crippen LogP contribution is 2.39. The Kier molecular flexibility index (Phi) is 4.73. The minimum Gasteiger partial charge on any atom is -0.295 e. The van der Waals surface area contributed by atoms with Crippen molar-refractivity contribution in [3.05, 3.63) is 66.3 Å². The summed E-state index contributed by atoms with van der Waals surface area (Å²) in [6.07, 6.45) is 11.5. The van der Waals surface area contributed by atoms with Crippen LogP contribution < -0.4 is 0 Å². The number of rotatable bonds is 4. The first kappa shape index (κ1) is 14.5. The molecule has 0 saturated heterocycles. The zero-order chi connectivity index (χ0) is 14.4. The van der Waals surface area contributed by atoms with E-state index in [2.05, 4.69) is 37.8 Å². The van der Waals surface area contributed by atoms with Crippen LogP contribution in [0.25, 0.3) is 6.08 Å². The number of carbonyl (C=O) groups is 1. The van der Waals surface area contributed by atoms with Crippen LogP contribution in [0.2, 0.25) is 0 Å². The molecular weight excluding hydrogens is 244 g/mol. The van der Waals surface area contributed by atoms with E-state index in [0.717, 1.165) is 30.4 Å². The van der Waals surface area contributed by atoms with E-state index in [1.54, 1.807) is 0 Å². The molecule has 1 aromatic rings. The van der Waals surface area contributed by atoms with Crippen LogP contribution in [0.5, 0.6) is 0 Å². The molecule has 1 heteroatoms. The average molecular weight is 266 g/mol. The number of ketones is 1. The molecule has 0 saturated carbocycles. The van der Waals surface area contributed by atoms with Crippen molar-refractivity contribution >= 4 is 11.9 Å². The molecule has 1 aliphatic carbocycles. The number of hydrogen-bond donors (Lipinski definition) is 0. The summed E-state index contributed by atoms with van der Waals surface area (Å²) < 4.78 is 0. The lowest BCUT2D eigenvalue weighted by atomic mass is 9.76. The molecule has 0 aromatic heterocycles. The van der Waals surface area contributed by atoms with Crippen LogP contribution in [-0.2, 0) is 4.79 Å². The maximum atomic E-state index is 11.9. The maximum Gasteiger partial charge on any atom is 0.155 e. The number of carbonyl (C=O) groups excluding carboxylic acids is 1. The summed E-state index contributed by atoms with van der Waals surface area (Å²) in [4.78, 5) is 11.9. The SMILES string of the molecule is C=CC[C@]1(C)CCCC(=O)C=C1/C=C/c1ccccc1. The van der Waals surface area contributed by atoms with E-state index >= 15 is 0 Å². The third-order valence-electron chi connectivity index (χ3n) is 4.01. The lowest BCUT2D eigenvalue weighted by Gasteiger charge is -2.28. The molecule has 1 aliphatic rings. The quantitative estimate of drug-likeness (QED) is 0.704. The molecule has 1 aromatic carbocycles. The molecule has 0 N–H and O–H groups in total. The van der Waals surface area contributed by atoms with Gasteiger partial charge in [-0.3, -0.25) is 4.79 Å². The van der Waals surface area contributed by atoms with Crippen molar-refractivity contribution < 1.29 is 4.79 Å². The van der Waals surface area contributed by atoms with Crippen molar-refractivity contribution in [1.82, 2.24) is 0 Å². The Labute approximate surface area is 121 Å². The summed E-state index contributed by atoms with van der Waals surface area (Å²) >= 11 is 0. The molecule has 0 unspecified atom stereocenters. The van der Waals surface area contributed by atoms with Crippen molar-refractivity contribution in [2.75, 3.05) is 0 Å². The van der Waals surface area contributed by atoms with Crippen molar-refractivity contribution in [3.8, 4) is 0 Å². The normalized spacial score (nSPS) is 23.4. The van der Waals surface area contributed by atoms with Crippen LogP contribution >= 0.6 is 0 Å². The summed E-state index contributed by atoms with van der Waals surface area (Å²) in [7, 11) is 0. The van der Waals surface area contributed by atoms with E-state index in [9.17, 15) is 4.79 Å². The first-order chi connectivity index (χ1) is 9.64. The smallest absolute Gasteiger partial charge is 0.155 e. The van der Waals surface area contributed by atoms with Gasteiger partial charge in [0.1, 0.15) is 0 Å². The van der Waals surface area contributed by atoms with Gasteiger partial charge in [0, 0.05) is 6.42 Å². The van der Waals surface area contributed by atoms with Gasteiger partial charge < -0.3 is 0 Å². The minimum absolute atomic E-state index is 0.0270. The molecule has 1 atom stereocenters. The summed E-state index contributed by atoms with van der Waals surface area (Å²) in [5.41, 5.74) is 2.31. The Morgan fingerprint density at radius 3 is 2.70 bits per heavy atom. The van der Waals surface area contributed by atoms with E-state index in [0.29, 0.717) is 6.42 Å². The molecule has 0 aliphatic heterocycles. The third kappa shape index (κ3) is 3.57. The van der Waals surface area contributed by atoms with Gasteiger partial charge >= 0.3 is 0 Å². The minimum atomic E-state index is 0.0270. The van der Waals surface area contributed by atoms with Crippen LogP contribution in [-0.4, -0.2) is 5.78 Å². The van der Waals surface area contributed by atoms with Crippen molar-refractivity contribution in [3.63, 3.8) is 0 Å². The zero-order valence-corrected chi connectivity index (χ0v) is 12.1. The van der Waals surface area contributed by atoms with Crippen LogP contribution in [0.1, 0.15) is 38.2 Å². The first-order valence-corrected chi connectivity index (χ1v) is 7.23. The average Bonchev–Trinajstić information content (AvgIpc) is 2.57. The molecule has 0 heterocycles. The van der Waals surface area contributed by atoms with Crippen molar-refractivity contribution in [2.45, 2.75) is 32.6 Å². The molecule has 2 rings (SSSR count). The Morgan fingerprint density at radius 1 is 1.25 bits per heavy atom. The second-order valence-corrected chi connectivity index (χ2v) is 5.72. The van der Waals surface area contributed by atoms with Gasteiger partial charge in [-0.05, 0) is 41.9 Å². The molecule has 0 fully saturated rings. The second kappa shape index (κ2) is 6.51. The fourth-order valence-electron chi connectivity index (χ4n) is 2.75. The molecule has 104 valence electrons. The summed E-state index contributed by atoms with van der Waals surface area (Å²) in [6, 6.07) is 10.2. The zero-order valence-electron chi connectivity index (χ0n) is 12.1. The van der Waals surface area contributed by atoms with Gasteiger partial charge in [0.25, 0.3) is 0 Å². The molecular formula is C19H22O. The van der Waals surface area contributed by atoms with Gasteiger partial charge in [-0.25, -0.2) is 0 Å². The van der Waals surface area contributed by atoms with Crippen molar-refractivity contribution in [1.29, 1.82) is 0 Å². The molecule has 0 amide bonds. The van der Waals surface area contributed by atoms with Gasteiger partial charge in [0.05, 0.1) is 0 Å². The van der Waals surface area contributed by atoms with Gasteiger partial charge in [0.15, 0.2) is 5.78 Å². The van der Waals surface area contributed by atoms with Crippen LogP contribution in [0.4, 0.5) is 0 Å². The Hall–Kier alpha value is -1.89. The third-order valence-corrected chi connectivity index (χ3v) is 4.01. The fraction of sp³-hybridized carbons (Fsp3) is 0.316. The number of allylic oxidation sites excluding steroid dienone is 4. The second-order valence-electron chi connectivity index (χ2n) is 5.72. The summed E-state index contributed by atoms with van der Waals surface area (Å²) in [6.45, 7) is 6.10. The lowest BCUT2D eigenvalue weighted by molar-refractivity contribution is -0.114. The molecule has 20 heavy (non-hydrogen) atoms. The van der Waals surface area contributed by atoms with Crippen LogP contribution in [0, 0.1) is 5.41 Å². The van der Waals surface area contributed by atoms with E-state index < -0.39 is 0 Å². The Morgan fingerprint density at radius 2 is 2.00 bits per heavy atom. The monoisotopic (exact) mass is 266 g/mol. The van der Waals surface area contributed by atoms with E-state index in [1.807, 2.05) is 30.4 Å². The van der Waals surface area contributed by atoms with Crippen LogP contribution in [0.15, 0.2) is 60.7 Å². The lowest BCUT2D eigenvalue weighted by Crippen LogP contribution is -2.16. The standard InChI is InChI=1S/C19H22O/c1-3-13-19(2)14-7-10-18(20)15-17(19)12-11-16-8-5-4-6-9-16/h3-6,8-9,11-12,15H,1,7,10,13-14H2,2H3/b12-11+/t19-/m1/s1. The highest BCUT2D eigenvalue weighted by atomic mass is 16.1. The van der Waals surface area contributed by atoms with E-state index in [-0.39, 0.29) is 11.2 Å². The highest BCUT2D eigenvalue weighted by Gasteiger charge is 2.28. The molecule has 1 nitrogen and oxygen atoms in total. The first-order valence-electron chi connectivity index (χ1n) is 7.23. The van der Waals surface area contributed by atoms with Gasteiger partial charge in [-0.15, -0.1) is 6.58 Å². The van der Waals surface area contributed by atoms with Gasteiger partial charge in [-0.1, -0.05) is 55.5 Å². The predicted octanol–water partition coefficient (Wildman–Crippen LogP) is 4.96. The van der Waals surface area contributed by atoms with Crippen LogP contribution in [0.3, 0.4) is 0 Å². The molecule has 0 bridgehead atoms. The van der Waals surface area contributed by atoms with E-state index in [1.165, 1.54) is 0 Å². The van der Waals surface area contributed by atoms with Crippen molar-refractivity contribution in [2.24, 2.45) is 5.41 Å². The maximum absolute atomic E-state index is 11.9. The largest absolute Gasteiger partial charge is 0.295 e. The topological polar surface area (TPSA) is 17.1 Å². The summed E-state index contributed by atoms with van der Waals surface area (Å²) in [5, 5.41) is 0. The highest BCUT2D eigenvalue weighted by molar-refractivity contribution is 5.91. The Balaban J connectivity index is 2.30. The number of benzene rings is 1. The van der Waals surface area contributed by atoms with Gasteiger partial charge in [-0.2, -0.15) is 0 Å². The summed E-state index contributed by atoms with van der Waals surface area (Å²) in [5.74, 6) is 0.241. The fourth-order valence-corrected chi connectivity index (χ4v) is 2.75. The molecule has 0 spiro atoms. The van der Waals surface area contributed by atoms with Gasteiger partial charge in [0.2, 0.25) is 0 Å².